The first kappa shape index (κ1) is 23.0. The number of hydrogen-bond donors (Lipinski definition) is 1. The van der Waals surface area contributed by atoms with Gasteiger partial charge in [0.15, 0.2) is 0 Å². The summed E-state index contributed by atoms with van der Waals surface area (Å²) >= 11 is 6.01. The monoisotopic (exact) mass is 438 g/mol. The van der Waals surface area contributed by atoms with Crippen molar-refractivity contribution in [2.75, 3.05) is 23.7 Å². The molecule has 0 saturated carbocycles. The molecule has 158 valence electrons. The third-order valence-corrected chi connectivity index (χ3v) is 5.81. The van der Waals surface area contributed by atoms with Crippen molar-refractivity contribution >= 4 is 33.2 Å². The third-order valence-electron chi connectivity index (χ3n) is 4.39. The molecule has 1 N–H and O–H groups in total. The second-order valence-electron chi connectivity index (χ2n) is 6.87. The van der Waals surface area contributed by atoms with E-state index >= 15 is 0 Å². The van der Waals surface area contributed by atoms with Crippen LogP contribution in [-0.4, -0.2) is 39.8 Å². The number of benzene rings is 2. The summed E-state index contributed by atoms with van der Waals surface area (Å²) in [6.07, 6.45) is 1.39. The molecule has 0 radical (unpaired) electrons. The van der Waals surface area contributed by atoms with Gasteiger partial charge in [0, 0.05) is 5.02 Å². The lowest BCUT2D eigenvalue weighted by atomic mass is 10.1. The normalized spacial score (nSPS) is 12.3. The first-order valence-electron chi connectivity index (χ1n) is 9.36. The molecule has 8 heteroatoms. The minimum atomic E-state index is -3.69. The molecule has 0 heterocycles. The van der Waals surface area contributed by atoms with E-state index in [1.807, 2.05) is 32.0 Å². The van der Waals surface area contributed by atoms with E-state index in [4.69, 9.17) is 16.3 Å². The van der Waals surface area contributed by atoms with Gasteiger partial charge in [0.2, 0.25) is 15.9 Å². The van der Waals surface area contributed by atoms with E-state index < -0.39 is 16.1 Å². The number of carbonyl (C=O) groups is 1. The molecule has 1 atom stereocenters. The number of rotatable bonds is 9. The topological polar surface area (TPSA) is 75.7 Å². The van der Waals surface area contributed by atoms with Crippen LogP contribution in [0.2, 0.25) is 5.02 Å². The molecule has 0 aliphatic heterocycles. The minimum Gasteiger partial charge on any atom is -0.491 e. The number of sulfonamides is 1. The molecule has 0 aliphatic rings. The molecular weight excluding hydrogens is 412 g/mol. The van der Waals surface area contributed by atoms with Crippen LogP contribution in [0.1, 0.15) is 24.5 Å². The zero-order chi connectivity index (χ0) is 21.6. The van der Waals surface area contributed by atoms with E-state index in [9.17, 15) is 13.2 Å². The number of carbonyl (C=O) groups excluding carboxylic acids is 1. The quantitative estimate of drug-likeness (QED) is 0.606. The van der Waals surface area contributed by atoms with Crippen LogP contribution in [0.3, 0.4) is 0 Å². The summed E-state index contributed by atoms with van der Waals surface area (Å²) in [4.78, 5) is 12.7. The van der Waals surface area contributed by atoms with Crippen molar-refractivity contribution in [1.29, 1.82) is 0 Å². The fourth-order valence-electron chi connectivity index (χ4n) is 2.99. The van der Waals surface area contributed by atoms with Crippen molar-refractivity contribution in [3.8, 4) is 5.75 Å². The van der Waals surface area contributed by atoms with Gasteiger partial charge >= 0.3 is 0 Å². The molecule has 0 bridgehead atoms. The maximum Gasteiger partial charge on any atom is 0.244 e. The van der Waals surface area contributed by atoms with Gasteiger partial charge in [0.05, 0.1) is 18.5 Å². The summed E-state index contributed by atoms with van der Waals surface area (Å²) in [5.41, 5.74) is 2.46. The van der Waals surface area contributed by atoms with Crippen molar-refractivity contribution in [1.82, 2.24) is 5.32 Å². The zero-order valence-electron chi connectivity index (χ0n) is 17.1. The van der Waals surface area contributed by atoms with Crippen LogP contribution in [0.5, 0.6) is 5.75 Å². The number of anilines is 1. The Bertz CT molecular complexity index is 963. The predicted octanol–water partition coefficient (Wildman–Crippen LogP) is 3.70. The summed E-state index contributed by atoms with van der Waals surface area (Å²) in [6, 6.07) is 11.5. The number of nitrogens with one attached hydrogen (secondary N) is 1. The number of ether oxygens (including phenoxy) is 1. The fourth-order valence-corrected chi connectivity index (χ4v) is 4.38. The van der Waals surface area contributed by atoms with Gasteiger partial charge in [-0.25, -0.2) is 8.42 Å². The lowest BCUT2D eigenvalue weighted by molar-refractivity contribution is -0.122. The summed E-state index contributed by atoms with van der Waals surface area (Å²) in [7, 11) is -3.69. The predicted molar refractivity (Wildman–Crippen MR) is 117 cm³/mol. The number of amides is 1. The molecule has 29 heavy (non-hydrogen) atoms. The average molecular weight is 439 g/mol. The van der Waals surface area contributed by atoms with E-state index in [2.05, 4.69) is 5.32 Å². The third kappa shape index (κ3) is 6.37. The highest BCUT2D eigenvalue weighted by molar-refractivity contribution is 7.92. The Hall–Kier alpha value is -2.25. The van der Waals surface area contributed by atoms with Gasteiger partial charge in [-0.3, -0.25) is 9.10 Å². The molecule has 1 amide bonds. The van der Waals surface area contributed by atoms with Gasteiger partial charge in [0.1, 0.15) is 18.4 Å². The Labute approximate surface area is 177 Å². The van der Waals surface area contributed by atoms with Crippen LogP contribution in [0, 0.1) is 13.8 Å². The minimum absolute atomic E-state index is 0.260. The average Bonchev–Trinajstić information content (AvgIpc) is 2.64. The molecule has 2 aromatic carbocycles. The fraction of sp³-hybridized carbons (Fsp3) is 0.381. The second kappa shape index (κ2) is 9.98. The molecule has 0 spiro atoms. The highest BCUT2D eigenvalue weighted by Gasteiger charge is 2.31. The Kier molecular flexibility index (Phi) is 7.93. The second-order valence-corrected chi connectivity index (χ2v) is 9.17. The van der Waals surface area contributed by atoms with Gasteiger partial charge in [0.25, 0.3) is 0 Å². The van der Waals surface area contributed by atoms with Gasteiger partial charge in [-0.1, -0.05) is 36.7 Å². The van der Waals surface area contributed by atoms with Crippen molar-refractivity contribution in [2.24, 2.45) is 0 Å². The van der Waals surface area contributed by atoms with Gasteiger partial charge < -0.3 is 10.1 Å². The molecule has 0 fully saturated rings. The highest BCUT2D eigenvalue weighted by atomic mass is 35.5. The lowest BCUT2D eigenvalue weighted by Gasteiger charge is -2.30. The van der Waals surface area contributed by atoms with E-state index in [0.717, 1.165) is 27.4 Å². The maximum atomic E-state index is 12.7. The Balaban J connectivity index is 2.06. The van der Waals surface area contributed by atoms with Gasteiger partial charge in [-0.05, 0) is 55.7 Å². The van der Waals surface area contributed by atoms with E-state index in [1.165, 1.54) is 6.07 Å². The van der Waals surface area contributed by atoms with E-state index in [1.54, 1.807) is 25.1 Å². The standard InChI is InChI=1S/C21H27ClN2O4S/c1-5-19(24(29(4,26)27)18-8-6-7-17(22)14-18)21(25)23-11-12-28-20-13-15(2)9-10-16(20)3/h6-10,13-14,19H,5,11-12H2,1-4H3,(H,23,25). The van der Waals surface area contributed by atoms with Crippen LogP contribution in [-0.2, 0) is 14.8 Å². The summed E-state index contributed by atoms with van der Waals surface area (Å²) in [5, 5.41) is 3.17. The summed E-state index contributed by atoms with van der Waals surface area (Å²) in [5.74, 6) is 0.380. The van der Waals surface area contributed by atoms with Crippen LogP contribution in [0.4, 0.5) is 5.69 Å². The van der Waals surface area contributed by atoms with Crippen molar-refractivity contribution in [3.05, 3.63) is 58.6 Å². The Morgan fingerprint density at radius 1 is 1.21 bits per heavy atom. The Morgan fingerprint density at radius 2 is 1.93 bits per heavy atom. The first-order valence-corrected chi connectivity index (χ1v) is 11.6. The Morgan fingerprint density at radius 3 is 2.55 bits per heavy atom. The number of nitrogens with zero attached hydrogens (tertiary/aromatic N) is 1. The summed E-state index contributed by atoms with van der Waals surface area (Å²) in [6.45, 7) is 6.24. The molecule has 6 nitrogen and oxygen atoms in total. The van der Waals surface area contributed by atoms with Crippen molar-refractivity contribution in [3.63, 3.8) is 0 Å². The van der Waals surface area contributed by atoms with Crippen molar-refractivity contribution in [2.45, 2.75) is 33.2 Å². The van der Waals surface area contributed by atoms with Crippen LogP contribution >= 0.6 is 11.6 Å². The summed E-state index contributed by atoms with van der Waals surface area (Å²) < 4.78 is 31.7. The molecule has 2 aromatic rings. The molecular formula is C21H27ClN2O4S. The van der Waals surface area contributed by atoms with E-state index in [-0.39, 0.29) is 19.1 Å². The number of hydrogen-bond acceptors (Lipinski definition) is 4. The largest absolute Gasteiger partial charge is 0.491 e. The highest BCUT2D eigenvalue weighted by Crippen LogP contribution is 2.25. The zero-order valence-corrected chi connectivity index (χ0v) is 18.7. The van der Waals surface area contributed by atoms with Crippen molar-refractivity contribution < 1.29 is 17.9 Å². The molecule has 0 aromatic heterocycles. The molecule has 0 aliphatic carbocycles. The maximum absolute atomic E-state index is 12.7. The SMILES string of the molecule is CCC(C(=O)NCCOc1cc(C)ccc1C)N(c1cccc(Cl)c1)S(C)(=O)=O. The van der Waals surface area contributed by atoms with Crippen LogP contribution in [0.25, 0.3) is 0 Å². The van der Waals surface area contributed by atoms with Crippen LogP contribution in [0.15, 0.2) is 42.5 Å². The number of halogens is 1. The number of aryl methyl sites for hydroxylation is 2. The van der Waals surface area contributed by atoms with Gasteiger partial charge in [-0.15, -0.1) is 0 Å². The molecule has 2 rings (SSSR count). The lowest BCUT2D eigenvalue weighted by Crippen LogP contribution is -2.50. The van der Waals surface area contributed by atoms with Crippen LogP contribution < -0.4 is 14.4 Å². The molecule has 0 saturated heterocycles. The van der Waals surface area contributed by atoms with E-state index in [0.29, 0.717) is 17.1 Å². The van der Waals surface area contributed by atoms with Gasteiger partial charge in [-0.2, -0.15) is 0 Å². The smallest absolute Gasteiger partial charge is 0.244 e. The first-order chi connectivity index (χ1) is 13.6. The molecule has 1 unspecified atom stereocenters.